The second-order valence-corrected chi connectivity index (χ2v) is 6.57. The molecule has 0 radical (unpaired) electrons. The van der Waals surface area contributed by atoms with Crippen LogP contribution in [0.2, 0.25) is 0 Å². The lowest BCUT2D eigenvalue weighted by Gasteiger charge is -2.29. The van der Waals surface area contributed by atoms with Gasteiger partial charge in [-0.1, -0.05) is 15.9 Å². The lowest BCUT2D eigenvalue weighted by molar-refractivity contribution is -0.121. The summed E-state index contributed by atoms with van der Waals surface area (Å²) in [6, 6.07) is 7.41. The number of hydrogen-bond acceptors (Lipinski definition) is 3. The van der Waals surface area contributed by atoms with Gasteiger partial charge in [-0.2, -0.15) is 0 Å². The van der Waals surface area contributed by atoms with Gasteiger partial charge in [0.05, 0.1) is 0 Å². The van der Waals surface area contributed by atoms with Gasteiger partial charge in [-0.15, -0.1) is 0 Å². The lowest BCUT2D eigenvalue weighted by atomic mass is 10.1. The van der Waals surface area contributed by atoms with E-state index in [-0.39, 0.29) is 17.9 Å². The molecule has 1 aliphatic heterocycles. The van der Waals surface area contributed by atoms with Gasteiger partial charge in [0.25, 0.3) is 5.91 Å². The zero-order valence-corrected chi connectivity index (χ0v) is 14.4. The average Bonchev–Trinajstić information content (AvgIpc) is 2.50. The van der Waals surface area contributed by atoms with Crippen molar-refractivity contribution in [2.75, 3.05) is 26.7 Å². The molecule has 1 heterocycles. The van der Waals surface area contributed by atoms with Crippen LogP contribution in [-0.2, 0) is 4.79 Å². The van der Waals surface area contributed by atoms with Crippen LogP contribution in [0.4, 0.5) is 0 Å². The third kappa shape index (κ3) is 5.42. The first-order chi connectivity index (χ1) is 10.5. The first-order valence-electron chi connectivity index (χ1n) is 7.56. The van der Waals surface area contributed by atoms with E-state index in [0.29, 0.717) is 18.5 Å². The summed E-state index contributed by atoms with van der Waals surface area (Å²) in [5.74, 6) is -0.148. The van der Waals surface area contributed by atoms with Gasteiger partial charge < -0.3 is 15.5 Å². The van der Waals surface area contributed by atoms with Crippen LogP contribution in [0.1, 0.15) is 29.6 Å². The van der Waals surface area contributed by atoms with E-state index < -0.39 is 0 Å². The van der Waals surface area contributed by atoms with Crippen LogP contribution in [-0.4, -0.2) is 49.4 Å². The van der Waals surface area contributed by atoms with E-state index in [2.05, 4.69) is 38.5 Å². The normalized spacial score (nSPS) is 16.3. The molecule has 5 nitrogen and oxygen atoms in total. The Labute approximate surface area is 139 Å². The van der Waals surface area contributed by atoms with Crippen LogP contribution >= 0.6 is 15.9 Å². The molecular formula is C16H22BrN3O2. The van der Waals surface area contributed by atoms with Crippen molar-refractivity contribution in [3.63, 3.8) is 0 Å². The molecule has 2 amide bonds. The monoisotopic (exact) mass is 367 g/mol. The molecule has 0 unspecified atom stereocenters. The van der Waals surface area contributed by atoms with Crippen LogP contribution in [0.3, 0.4) is 0 Å². The molecule has 1 saturated heterocycles. The van der Waals surface area contributed by atoms with Gasteiger partial charge in [-0.05, 0) is 57.2 Å². The maximum Gasteiger partial charge on any atom is 0.251 e. The number of rotatable bonds is 5. The molecule has 22 heavy (non-hydrogen) atoms. The number of nitrogens with one attached hydrogen (secondary N) is 2. The average molecular weight is 368 g/mol. The zero-order valence-electron chi connectivity index (χ0n) is 12.8. The Hall–Kier alpha value is -1.40. The fourth-order valence-corrected chi connectivity index (χ4v) is 2.71. The van der Waals surface area contributed by atoms with Crippen LogP contribution < -0.4 is 10.6 Å². The molecule has 0 aliphatic carbocycles. The zero-order chi connectivity index (χ0) is 15.9. The molecule has 0 atom stereocenters. The van der Waals surface area contributed by atoms with Crippen molar-refractivity contribution in [2.45, 2.75) is 25.3 Å². The number of carbonyl (C=O) groups is 2. The molecular weight excluding hydrogens is 346 g/mol. The van der Waals surface area contributed by atoms with E-state index >= 15 is 0 Å². The molecule has 0 bridgehead atoms. The Balaban J connectivity index is 1.66. The largest absolute Gasteiger partial charge is 0.353 e. The number of carbonyl (C=O) groups excluding carboxylic acids is 2. The van der Waals surface area contributed by atoms with Crippen molar-refractivity contribution in [2.24, 2.45) is 0 Å². The fourth-order valence-electron chi connectivity index (χ4n) is 2.45. The highest BCUT2D eigenvalue weighted by atomic mass is 79.9. The molecule has 2 N–H and O–H groups in total. The molecule has 1 aliphatic rings. The highest BCUT2D eigenvalue weighted by Gasteiger charge is 2.18. The highest BCUT2D eigenvalue weighted by molar-refractivity contribution is 9.10. The number of piperidine rings is 1. The number of likely N-dealkylation sites (tertiary alicyclic amines) is 1. The minimum Gasteiger partial charge on any atom is -0.353 e. The SMILES string of the molecule is CN1CCC(NC(=O)CCNC(=O)c2ccc(Br)cc2)CC1. The van der Waals surface area contributed by atoms with Crippen LogP contribution in [0.15, 0.2) is 28.7 Å². The second-order valence-electron chi connectivity index (χ2n) is 5.66. The smallest absolute Gasteiger partial charge is 0.251 e. The second kappa shape index (κ2) is 8.29. The Bertz CT molecular complexity index is 511. The van der Waals surface area contributed by atoms with E-state index in [1.165, 1.54) is 0 Å². The molecule has 6 heteroatoms. The number of nitrogens with zero attached hydrogens (tertiary/aromatic N) is 1. The molecule has 1 fully saturated rings. The topological polar surface area (TPSA) is 61.4 Å². The quantitative estimate of drug-likeness (QED) is 0.833. The molecule has 0 saturated carbocycles. The molecule has 0 spiro atoms. The highest BCUT2D eigenvalue weighted by Crippen LogP contribution is 2.10. The number of benzene rings is 1. The maximum absolute atomic E-state index is 11.9. The Kier molecular flexibility index (Phi) is 6.39. The van der Waals surface area contributed by atoms with E-state index in [1.807, 2.05) is 12.1 Å². The van der Waals surface area contributed by atoms with Gasteiger partial charge in [-0.3, -0.25) is 9.59 Å². The summed E-state index contributed by atoms with van der Waals surface area (Å²) in [6.45, 7) is 2.39. The first-order valence-corrected chi connectivity index (χ1v) is 8.35. The number of hydrogen-bond donors (Lipinski definition) is 2. The van der Waals surface area contributed by atoms with E-state index in [9.17, 15) is 9.59 Å². The minimum absolute atomic E-state index is 0.00524. The van der Waals surface area contributed by atoms with Gasteiger partial charge in [0, 0.05) is 29.0 Å². The summed E-state index contributed by atoms with van der Waals surface area (Å²) >= 11 is 3.33. The van der Waals surface area contributed by atoms with Crippen molar-refractivity contribution in [3.05, 3.63) is 34.3 Å². The molecule has 1 aromatic carbocycles. The van der Waals surface area contributed by atoms with Gasteiger partial charge >= 0.3 is 0 Å². The Morgan fingerprint density at radius 2 is 1.86 bits per heavy atom. The fraction of sp³-hybridized carbons (Fsp3) is 0.500. The van der Waals surface area contributed by atoms with Crippen LogP contribution in [0.25, 0.3) is 0 Å². The van der Waals surface area contributed by atoms with Gasteiger partial charge in [-0.25, -0.2) is 0 Å². The summed E-state index contributed by atoms with van der Waals surface area (Å²) in [4.78, 5) is 26.0. The van der Waals surface area contributed by atoms with Crippen LogP contribution in [0, 0.1) is 0 Å². The van der Waals surface area contributed by atoms with Crippen molar-refractivity contribution in [1.82, 2.24) is 15.5 Å². The molecule has 2 rings (SSSR count). The summed E-state index contributed by atoms with van der Waals surface area (Å²) < 4.78 is 0.932. The predicted octanol–water partition coefficient (Wildman–Crippen LogP) is 1.78. The number of halogens is 1. The first kappa shape index (κ1) is 17.0. The summed E-state index contributed by atoms with van der Waals surface area (Å²) in [5.41, 5.74) is 0.596. The number of amides is 2. The van der Waals surface area contributed by atoms with Gasteiger partial charge in [0.2, 0.25) is 5.91 Å². The van der Waals surface area contributed by atoms with Crippen molar-refractivity contribution in [3.8, 4) is 0 Å². The van der Waals surface area contributed by atoms with Crippen molar-refractivity contribution in [1.29, 1.82) is 0 Å². The summed E-state index contributed by atoms with van der Waals surface area (Å²) in [7, 11) is 2.09. The Morgan fingerprint density at radius 3 is 2.50 bits per heavy atom. The Morgan fingerprint density at radius 1 is 1.23 bits per heavy atom. The van der Waals surface area contributed by atoms with E-state index in [1.54, 1.807) is 12.1 Å². The third-order valence-corrected chi connectivity index (χ3v) is 4.36. The van der Waals surface area contributed by atoms with E-state index in [0.717, 1.165) is 30.4 Å². The lowest BCUT2D eigenvalue weighted by Crippen LogP contribution is -2.44. The van der Waals surface area contributed by atoms with Crippen molar-refractivity contribution >= 4 is 27.7 Å². The van der Waals surface area contributed by atoms with Crippen molar-refractivity contribution < 1.29 is 9.59 Å². The van der Waals surface area contributed by atoms with Crippen LogP contribution in [0.5, 0.6) is 0 Å². The van der Waals surface area contributed by atoms with Gasteiger partial charge in [0.1, 0.15) is 0 Å². The molecule has 1 aromatic rings. The summed E-state index contributed by atoms with van der Waals surface area (Å²) in [6.07, 6.45) is 2.30. The third-order valence-electron chi connectivity index (χ3n) is 3.83. The van der Waals surface area contributed by atoms with E-state index in [4.69, 9.17) is 0 Å². The molecule has 120 valence electrons. The summed E-state index contributed by atoms with van der Waals surface area (Å²) in [5, 5.41) is 5.81. The molecule has 0 aromatic heterocycles. The standard InChI is InChI=1S/C16H22BrN3O2/c1-20-10-7-14(8-11-20)19-15(21)6-9-18-16(22)12-2-4-13(17)5-3-12/h2-5,14H,6-11H2,1H3,(H,18,22)(H,19,21). The minimum atomic E-state index is -0.153. The predicted molar refractivity (Wildman–Crippen MR) is 89.8 cm³/mol. The maximum atomic E-state index is 11.9. The van der Waals surface area contributed by atoms with Gasteiger partial charge in [0.15, 0.2) is 0 Å².